The molecule has 0 amide bonds. The van der Waals surface area contributed by atoms with E-state index in [1.54, 1.807) is 21.3 Å². The van der Waals surface area contributed by atoms with Crippen molar-refractivity contribution in [2.45, 2.75) is 31.7 Å². The first-order chi connectivity index (χ1) is 22.7. The van der Waals surface area contributed by atoms with E-state index in [1.807, 2.05) is 60.9 Å². The maximum absolute atomic E-state index is 6.12. The summed E-state index contributed by atoms with van der Waals surface area (Å²) in [6, 6.07) is 28.6. The molecule has 3 unspecified atom stereocenters. The van der Waals surface area contributed by atoms with E-state index in [2.05, 4.69) is 41.7 Å². The van der Waals surface area contributed by atoms with Gasteiger partial charge >= 0.3 is 0 Å². The number of piperidine rings is 1. The summed E-state index contributed by atoms with van der Waals surface area (Å²) in [5.41, 5.74) is 3.28. The van der Waals surface area contributed by atoms with Gasteiger partial charge in [0.2, 0.25) is 0 Å². The van der Waals surface area contributed by atoms with Crippen LogP contribution in [-0.2, 0) is 32.2 Å². The SMILES string of the molecule is COCOC1CNCC(C=COCc2cc(OC)c3ccccc3c2)C1c1ccc(OCCCOCc2ccccc2OC)cc1. The van der Waals surface area contributed by atoms with E-state index in [0.717, 1.165) is 58.7 Å². The van der Waals surface area contributed by atoms with Crippen molar-refractivity contribution in [1.82, 2.24) is 5.32 Å². The smallest absolute Gasteiger partial charge is 0.146 e. The Morgan fingerprint density at radius 1 is 0.804 bits per heavy atom. The summed E-state index contributed by atoms with van der Waals surface area (Å²) in [5.74, 6) is 2.80. The molecule has 0 spiro atoms. The zero-order valence-electron chi connectivity index (χ0n) is 27.0. The van der Waals surface area contributed by atoms with Gasteiger partial charge in [-0.15, -0.1) is 0 Å². The number of rotatable bonds is 17. The monoisotopic (exact) mass is 627 g/mol. The van der Waals surface area contributed by atoms with Crippen LogP contribution in [0.1, 0.15) is 29.0 Å². The lowest BCUT2D eigenvalue weighted by Gasteiger charge is -2.37. The molecule has 5 rings (SSSR count). The van der Waals surface area contributed by atoms with Gasteiger partial charge < -0.3 is 38.5 Å². The molecule has 1 saturated heterocycles. The van der Waals surface area contributed by atoms with Crippen LogP contribution in [-0.4, -0.2) is 60.5 Å². The van der Waals surface area contributed by atoms with E-state index in [4.69, 9.17) is 33.2 Å². The Hall–Kier alpha value is -4.08. The maximum atomic E-state index is 6.12. The van der Waals surface area contributed by atoms with Crippen LogP contribution in [0.5, 0.6) is 17.2 Å². The minimum absolute atomic E-state index is 0.0553. The second-order valence-corrected chi connectivity index (χ2v) is 11.3. The van der Waals surface area contributed by atoms with Crippen LogP contribution in [0.15, 0.2) is 97.3 Å². The Labute approximate surface area is 272 Å². The molecule has 4 aromatic carbocycles. The van der Waals surface area contributed by atoms with Crippen molar-refractivity contribution in [3.05, 3.63) is 114 Å². The van der Waals surface area contributed by atoms with E-state index < -0.39 is 0 Å². The molecule has 1 N–H and O–H groups in total. The minimum Gasteiger partial charge on any atom is -0.497 e. The van der Waals surface area contributed by atoms with Crippen LogP contribution in [0.2, 0.25) is 0 Å². The maximum Gasteiger partial charge on any atom is 0.146 e. The highest BCUT2D eigenvalue weighted by Crippen LogP contribution is 2.34. The number of para-hydroxylation sites is 1. The van der Waals surface area contributed by atoms with Gasteiger partial charge in [-0.3, -0.25) is 0 Å². The number of ether oxygens (including phenoxy) is 7. The van der Waals surface area contributed by atoms with Gasteiger partial charge in [-0.1, -0.05) is 54.6 Å². The molecule has 0 bridgehead atoms. The second kappa shape index (κ2) is 17.6. The van der Waals surface area contributed by atoms with Crippen LogP contribution < -0.4 is 19.5 Å². The Morgan fingerprint density at radius 3 is 2.43 bits per heavy atom. The fourth-order valence-corrected chi connectivity index (χ4v) is 5.92. The standard InChI is InChI=1S/C38H45NO7/c1-40-27-46-37-24-39-23-31(17-20-44-25-28-21-30-9-4-6-11-34(30)36(22-28)42-3)38(37)29-13-15-33(16-14-29)45-19-8-18-43-26-32-10-5-7-12-35(32)41-2/h4-7,9-17,20-22,31,37-39H,8,18-19,23-27H2,1-3H3. The third-order valence-electron chi connectivity index (χ3n) is 8.18. The van der Waals surface area contributed by atoms with Crippen LogP contribution >= 0.6 is 0 Å². The van der Waals surface area contributed by atoms with E-state index >= 15 is 0 Å². The fourth-order valence-electron chi connectivity index (χ4n) is 5.92. The molecule has 0 radical (unpaired) electrons. The van der Waals surface area contributed by atoms with Gasteiger partial charge in [0.1, 0.15) is 30.6 Å². The molecule has 1 heterocycles. The lowest BCUT2D eigenvalue weighted by molar-refractivity contribution is -0.0892. The first kappa shape index (κ1) is 33.3. The number of benzene rings is 4. The Morgan fingerprint density at radius 2 is 1.61 bits per heavy atom. The summed E-state index contributed by atoms with van der Waals surface area (Å²) in [7, 11) is 5.02. The van der Waals surface area contributed by atoms with Crippen molar-refractivity contribution in [2.24, 2.45) is 5.92 Å². The molecule has 0 saturated carbocycles. The topological polar surface area (TPSA) is 76.6 Å². The van der Waals surface area contributed by atoms with Gasteiger partial charge in [0.05, 0.1) is 46.4 Å². The quantitative estimate of drug-likeness (QED) is 0.0773. The Kier molecular flexibility index (Phi) is 12.7. The number of hydrogen-bond donors (Lipinski definition) is 1. The van der Waals surface area contributed by atoms with E-state index in [0.29, 0.717) is 26.4 Å². The number of methoxy groups -OCH3 is 3. The highest BCUT2D eigenvalue weighted by Gasteiger charge is 2.34. The Balaban J connectivity index is 1.15. The van der Waals surface area contributed by atoms with Gasteiger partial charge in [-0.25, -0.2) is 0 Å². The van der Waals surface area contributed by atoms with Crippen molar-refractivity contribution in [2.75, 3.05) is 54.4 Å². The summed E-state index contributed by atoms with van der Waals surface area (Å²) in [6.45, 7) is 3.93. The van der Waals surface area contributed by atoms with Crippen LogP contribution in [0, 0.1) is 5.92 Å². The Bertz CT molecular complexity index is 1520. The summed E-state index contributed by atoms with van der Waals surface area (Å²) >= 11 is 0. The normalized spacial score (nSPS) is 18.1. The predicted molar refractivity (Wildman–Crippen MR) is 179 cm³/mol. The van der Waals surface area contributed by atoms with Gasteiger partial charge in [0.25, 0.3) is 0 Å². The van der Waals surface area contributed by atoms with Crippen molar-refractivity contribution in [1.29, 1.82) is 0 Å². The van der Waals surface area contributed by atoms with Crippen molar-refractivity contribution < 1.29 is 33.2 Å². The van der Waals surface area contributed by atoms with E-state index in [9.17, 15) is 0 Å². The molecule has 1 aliphatic heterocycles. The average molecular weight is 628 g/mol. The predicted octanol–water partition coefficient (Wildman–Crippen LogP) is 6.87. The molecule has 0 aliphatic carbocycles. The molecule has 4 aromatic rings. The van der Waals surface area contributed by atoms with E-state index in [-0.39, 0.29) is 24.7 Å². The molecule has 46 heavy (non-hydrogen) atoms. The number of nitrogens with one attached hydrogen (secondary N) is 1. The van der Waals surface area contributed by atoms with Crippen LogP contribution in [0.3, 0.4) is 0 Å². The highest BCUT2D eigenvalue weighted by atomic mass is 16.7. The lowest BCUT2D eigenvalue weighted by atomic mass is 9.79. The molecule has 1 fully saturated rings. The molecule has 1 aliphatic rings. The summed E-state index contributed by atoms with van der Waals surface area (Å²) < 4.78 is 40.3. The van der Waals surface area contributed by atoms with Crippen LogP contribution in [0.4, 0.5) is 0 Å². The molecule has 3 atom stereocenters. The van der Waals surface area contributed by atoms with Gasteiger partial charge in [0.15, 0.2) is 0 Å². The lowest BCUT2D eigenvalue weighted by Crippen LogP contribution is -2.46. The van der Waals surface area contributed by atoms with E-state index in [1.165, 1.54) is 5.56 Å². The average Bonchev–Trinajstić information content (AvgIpc) is 3.10. The minimum atomic E-state index is -0.0553. The fraction of sp³-hybridized carbons (Fsp3) is 0.368. The zero-order chi connectivity index (χ0) is 32.0. The van der Waals surface area contributed by atoms with Gasteiger partial charge in [0, 0.05) is 49.4 Å². The molecular weight excluding hydrogens is 582 g/mol. The first-order valence-corrected chi connectivity index (χ1v) is 15.8. The number of hydrogen-bond acceptors (Lipinski definition) is 8. The zero-order valence-corrected chi connectivity index (χ0v) is 27.0. The molecular formula is C38H45NO7. The molecule has 8 nitrogen and oxygen atoms in total. The third-order valence-corrected chi connectivity index (χ3v) is 8.18. The van der Waals surface area contributed by atoms with Gasteiger partial charge in [-0.05, 0) is 52.9 Å². The first-order valence-electron chi connectivity index (χ1n) is 15.8. The highest BCUT2D eigenvalue weighted by molar-refractivity contribution is 5.89. The van der Waals surface area contributed by atoms with Crippen molar-refractivity contribution >= 4 is 10.8 Å². The molecule has 8 heteroatoms. The summed E-state index contributed by atoms with van der Waals surface area (Å²) in [5, 5.41) is 5.73. The molecule has 0 aromatic heterocycles. The summed E-state index contributed by atoms with van der Waals surface area (Å²) in [4.78, 5) is 0. The number of fused-ring (bicyclic) bond motifs is 1. The second-order valence-electron chi connectivity index (χ2n) is 11.3. The third kappa shape index (κ3) is 9.01. The van der Waals surface area contributed by atoms with Crippen LogP contribution in [0.25, 0.3) is 10.8 Å². The summed E-state index contributed by atoms with van der Waals surface area (Å²) in [6.07, 6.45) is 4.68. The largest absolute Gasteiger partial charge is 0.497 e. The van der Waals surface area contributed by atoms with Gasteiger partial charge in [-0.2, -0.15) is 0 Å². The van der Waals surface area contributed by atoms with Crippen molar-refractivity contribution in [3.8, 4) is 17.2 Å². The van der Waals surface area contributed by atoms with Crippen molar-refractivity contribution in [3.63, 3.8) is 0 Å². The molecule has 244 valence electrons.